The highest BCUT2D eigenvalue weighted by Gasteiger charge is 2.22. The number of hydrogen-bond donors (Lipinski definition) is 1. The first-order chi connectivity index (χ1) is 14.3. The third-order valence-corrected chi connectivity index (χ3v) is 5.69. The van der Waals surface area contributed by atoms with Gasteiger partial charge in [0.1, 0.15) is 0 Å². The molecule has 2 nitrogen and oxygen atoms in total. The van der Waals surface area contributed by atoms with Crippen molar-refractivity contribution in [3.63, 3.8) is 0 Å². The molecule has 5 rings (SSSR count). The van der Waals surface area contributed by atoms with E-state index >= 15 is 0 Å². The zero-order valence-electron chi connectivity index (χ0n) is 16.6. The molecule has 0 heterocycles. The standard InChI is InChI=1S/C27H22N2/c1-28-24-15-13-20-22(18-9-5-3-6-10-18)17-23(19-11-7-4-8-12-19)21-14-16-25(29-2)27(24)26(20)21/h3-17,28H,1-2H3. The molecular formula is C27H22N2. The number of nitrogens with zero attached hydrogens (tertiary/aromatic N) is 1. The minimum absolute atomic E-state index is 1.01. The maximum absolute atomic E-state index is 4.57. The second-order valence-electron chi connectivity index (χ2n) is 7.22. The van der Waals surface area contributed by atoms with E-state index < -0.39 is 0 Å². The van der Waals surface area contributed by atoms with Gasteiger partial charge in [-0.2, -0.15) is 0 Å². The lowest BCUT2D eigenvalue weighted by Crippen LogP contribution is -2.09. The second kappa shape index (κ2) is 7.06. The van der Waals surface area contributed by atoms with Gasteiger partial charge in [-0.25, -0.2) is 0 Å². The fourth-order valence-corrected chi connectivity index (χ4v) is 4.33. The Bertz CT molecular complexity index is 1270. The summed E-state index contributed by atoms with van der Waals surface area (Å²) in [6, 6.07) is 28.0. The highest BCUT2D eigenvalue weighted by Crippen LogP contribution is 2.43. The molecule has 0 fully saturated rings. The molecule has 0 radical (unpaired) electrons. The van der Waals surface area contributed by atoms with Gasteiger partial charge in [0.2, 0.25) is 0 Å². The van der Waals surface area contributed by atoms with Gasteiger partial charge in [-0.3, -0.25) is 4.99 Å². The molecule has 0 unspecified atom stereocenters. The van der Waals surface area contributed by atoms with Crippen LogP contribution in [0.15, 0.2) is 89.9 Å². The van der Waals surface area contributed by atoms with Crippen LogP contribution in [-0.4, -0.2) is 19.8 Å². The van der Waals surface area contributed by atoms with E-state index in [-0.39, 0.29) is 0 Å². The van der Waals surface area contributed by atoms with Crippen molar-refractivity contribution in [1.82, 2.24) is 0 Å². The van der Waals surface area contributed by atoms with Gasteiger partial charge >= 0.3 is 0 Å². The summed E-state index contributed by atoms with van der Waals surface area (Å²) >= 11 is 0. The molecular weight excluding hydrogens is 352 g/mol. The van der Waals surface area contributed by atoms with Crippen molar-refractivity contribution < 1.29 is 0 Å². The Morgan fingerprint density at radius 1 is 0.724 bits per heavy atom. The smallest absolute Gasteiger partial charge is 0.0670 e. The van der Waals surface area contributed by atoms with E-state index in [0.717, 1.165) is 11.4 Å². The van der Waals surface area contributed by atoms with Crippen LogP contribution in [0.1, 0.15) is 11.1 Å². The Kier molecular flexibility index (Phi) is 4.25. The Balaban J connectivity index is 1.98. The number of allylic oxidation sites excluding steroid dienone is 1. The average molecular weight is 374 g/mol. The van der Waals surface area contributed by atoms with Crippen LogP contribution in [0.5, 0.6) is 0 Å². The summed E-state index contributed by atoms with van der Waals surface area (Å²) < 4.78 is 0. The monoisotopic (exact) mass is 374 g/mol. The van der Waals surface area contributed by atoms with Crippen LogP contribution in [0.2, 0.25) is 0 Å². The molecule has 1 aliphatic rings. The van der Waals surface area contributed by atoms with Gasteiger partial charge in [0.25, 0.3) is 0 Å². The lowest BCUT2D eigenvalue weighted by molar-refractivity contribution is 1.42. The van der Waals surface area contributed by atoms with Crippen molar-refractivity contribution in [3.05, 3.63) is 96.1 Å². The van der Waals surface area contributed by atoms with Gasteiger partial charge in [0, 0.05) is 30.7 Å². The fraction of sp³-hybridized carbons (Fsp3) is 0.0741. The highest BCUT2D eigenvalue weighted by atomic mass is 14.8. The SMILES string of the molecule is CN=C1C=Cc2c(-c3ccccc3)cc(-c3ccccc3)c3ccc(NC)c1c23. The van der Waals surface area contributed by atoms with Crippen molar-refractivity contribution in [3.8, 4) is 22.3 Å². The highest BCUT2D eigenvalue weighted by molar-refractivity contribution is 6.27. The summed E-state index contributed by atoms with van der Waals surface area (Å²) in [5.74, 6) is 0. The van der Waals surface area contributed by atoms with Crippen LogP contribution in [0.25, 0.3) is 39.1 Å². The van der Waals surface area contributed by atoms with Crippen molar-refractivity contribution in [1.29, 1.82) is 0 Å². The van der Waals surface area contributed by atoms with Gasteiger partial charge in [-0.1, -0.05) is 72.8 Å². The molecule has 0 saturated carbocycles. The third-order valence-electron chi connectivity index (χ3n) is 5.69. The number of aliphatic imine (C=N–C) groups is 1. The van der Waals surface area contributed by atoms with Gasteiger partial charge in [0.05, 0.1) is 5.71 Å². The Morgan fingerprint density at radius 3 is 2.00 bits per heavy atom. The summed E-state index contributed by atoms with van der Waals surface area (Å²) in [5, 5.41) is 5.89. The first kappa shape index (κ1) is 17.4. The summed E-state index contributed by atoms with van der Waals surface area (Å²) in [4.78, 5) is 4.57. The first-order valence-electron chi connectivity index (χ1n) is 9.89. The summed E-state index contributed by atoms with van der Waals surface area (Å²) in [7, 11) is 3.84. The van der Waals surface area contributed by atoms with E-state index in [9.17, 15) is 0 Å². The van der Waals surface area contributed by atoms with Crippen molar-refractivity contribution in [2.45, 2.75) is 0 Å². The molecule has 29 heavy (non-hydrogen) atoms. The van der Waals surface area contributed by atoms with E-state index in [1.807, 2.05) is 14.1 Å². The quantitative estimate of drug-likeness (QED) is 0.426. The number of hydrogen-bond acceptors (Lipinski definition) is 2. The van der Waals surface area contributed by atoms with Gasteiger partial charge in [0.15, 0.2) is 0 Å². The van der Waals surface area contributed by atoms with Gasteiger partial charge < -0.3 is 5.32 Å². The molecule has 1 aliphatic carbocycles. The van der Waals surface area contributed by atoms with E-state index in [4.69, 9.17) is 0 Å². The van der Waals surface area contributed by atoms with E-state index in [0.29, 0.717) is 0 Å². The van der Waals surface area contributed by atoms with E-state index in [1.165, 1.54) is 44.2 Å². The zero-order valence-corrected chi connectivity index (χ0v) is 16.6. The maximum Gasteiger partial charge on any atom is 0.0670 e. The van der Waals surface area contributed by atoms with Crippen molar-refractivity contribution >= 4 is 28.2 Å². The minimum Gasteiger partial charge on any atom is -0.388 e. The first-order valence-corrected chi connectivity index (χ1v) is 9.89. The predicted octanol–water partition coefficient (Wildman–Crippen LogP) is 6.66. The van der Waals surface area contributed by atoms with Crippen LogP contribution >= 0.6 is 0 Å². The molecule has 0 aliphatic heterocycles. The van der Waals surface area contributed by atoms with Crippen LogP contribution in [0.4, 0.5) is 5.69 Å². The lowest BCUT2D eigenvalue weighted by Gasteiger charge is -2.23. The molecule has 2 heteroatoms. The van der Waals surface area contributed by atoms with Crippen LogP contribution < -0.4 is 5.32 Å². The van der Waals surface area contributed by atoms with Crippen molar-refractivity contribution in [2.24, 2.45) is 4.99 Å². The third kappa shape index (κ3) is 2.76. The van der Waals surface area contributed by atoms with E-state index in [2.05, 4.69) is 101 Å². The largest absolute Gasteiger partial charge is 0.388 e. The summed E-state index contributed by atoms with van der Waals surface area (Å²) in [5.41, 5.74) is 9.50. The molecule has 4 aromatic carbocycles. The van der Waals surface area contributed by atoms with E-state index in [1.54, 1.807) is 0 Å². The summed E-state index contributed by atoms with van der Waals surface area (Å²) in [6.45, 7) is 0. The fourth-order valence-electron chi connectivity index (χ4n) is 4.33. The molecule has 1 N–H and O–H groups in total. The summed E-state index contributed by atoms with van der Waals surface area (Å²) in [6.07, 6.45) is 4.35. The Morgan fingerprint density at radius 2 is 1.38 bits per heavy atom. The van der Waals surface area contributed by atoms with Crippen molar-refractivity contribution in [2.75, 3.05) is 19.4 Å². The Labute approximate surface area is 171 Å². The molecule has 0 spiro atoms. The molecule has 0 aromatic heterocycles. The number of rotatable bonds is 3. The molecule has 0 amide bonds. The van der Waals surface area contributed by atoms with Gasteiger partial charge in [-0.05, 0) is 51.4 Å². The Hall–Kier alpha value is -3.65. The van der Waals surface area contributed by atoms with Crippen LogP contribution in [0.3, 0.4) is 0 Å². The average Bonchev–Trinajstić information content (AvgIpc) is 2.80. The normalized spacial score (nSPS) is 13.8. The van der Waals surface area contributed by atoms with Gasteiger partial charge in [-0.15, -0.1) is 0 Å². The molecule has 0 atom stereocenters. The molecule has 0 bridgehead atoms. The molecule has 4 aromatic rings. The zero-order chi connectivity index (χ0) is 19.8. The van der Waals surface area contributed by atoms with Crippen LogP contribution in [-0.2, 0) is 0 Å². The minimum atomic E-state index is 1.01. The number of nitrogens with one attached hydrogen (secondary N) is 1. The topological polar surface area (TPSA) is 24.4 Å². The lowest BCUT2D eigenvalue weighted by atomic mass is 9.82. The second-order valence-corrected chi connectivity index (χ2v) is 7.22. The number of benzene rings is 4. The predicted molar refractivity (Wildman–Crippen MR) is 126 cm³/mol. The van der Waals surface area contributed by atoms with Crippen LogP contribution in [0, 0.1) is 0 Å². The maximum atomic E-state index is 4.57. The number of anilines is 1. The molecule has 140 valence electrons. The molecule has 0 saturated heterocycles.